The lowest BCUT2D eigenvalue weighted by atomic mass is 9.95. The van der Waals surface area contributed by atoms with Crippen LogP contribution in [0.5, 0.6) is 0 Å². The van der Waals surface area contributed by atoms with E-state index in [-0.39, 0.29) is 22.6 Å². The number of aromatic nitrogens is 4. The Labute approximate surface area is 248 Å². The van der Waals surface area contributed by atoms with Crippen LogP contribution in [0.15, 0.2) is 40.7 Å². The Balaban J connectivity index is 1.53. The number of Topliss-reactive ketones (excluding diaryl/α,β-unsaturated/α-hetero) is 1. The van der Waals surface area contributed by atoms with Gasteiger partial charge in [-0.2, -0.15) is 0 Å². The first-order chi connectivity index (χ1) is 19.9. The van der Waals surface area contributed by atoms with E-state index in [1.807, 2.05) is 0 Å². The molecule has 4 N–H and O–H groups in total. The maximum absolute atomic E-state index is 13.3. The van der Waals surface area contributed by atoms with Crippen molar-refractivity contribution in [1.82, 2.24) is 30.4 Å². The second-order valence-corrected chi connectivity index (χ2v) is 11.5. The summed E-state index contributed by atoms with van der Waals surface area (Å²) in [6.07, 6.45) is -2.97. The summed E-state index contributed by atoms with van der Waals surface area (Å²) in [5.74, 6) is -2.97. The highest BCUT2D eigenvalue weighted by Gasteiger charge is 2.55. The van der Waals surface area contributed by atoms with Gasteiger partial charge in [-0.3, -0.25) is 24.1 Å². The largest absolute Gasteiger partial charge is 0.426 e. The molecule has 0 saturated carbocycles. The number of aliphatic hydroxyl groups is 1. The number of carbonyl (C=O) groups excluding carboxylic acids is 5. The number of amides is 2. The maximum atomic E-state index is 13.3. The van der Waals surface area contributed by atoms with Crippen LogP contribution in [0.1, 0.15) is 42.8 Å². The van der Waals surface area contributed by atoms with Gasteiger partial charge < -0.3 is 25.6 Å². The molecule has 1 saturated heterocycles. The fourth-order valence-electron chi connectivity index (χ4n) is 4.32. The van der Waals surface area contributed by atoms with Crippen molar-refractivity contribution in [2.75, 3.05) is 11.5 Å². The van der Waals surface area contributed by atoms with Crippen LogP contribution >= 0.6 is 23.5 Å². The zero-order chi connectivity index (χ0) is 30.7. The number of hydrogen-bond donors (Lipinski definition) is 3. The number of tetrazole rings is 1. The number of fused-ring (bicyclic) bond motifs is 1. The Kier molecular flexibility index (Phi) is 9.65. The molecular weight excluding hydrogens is 590 g/mol. The molecule has 17 heteroatoms. The van der Waals surface area contributed by atoms with Gasteiger partial charge in [0.25, 0.3) is 11.8 Å². The summed E-state index contributed by atoms with van der Waals surface area (Å²) in [5, 5.41) is 24.4. The van der Waals surface area contributed by atoms with Crippen molar-refractivity contribution in [1.29, 1.82) is 0 Å². The number of benzene rings is 1. The molecule has 0 spiro atoms. The van der Waals surface area contributed by atoms with Gasteiger partial charge in [0.05, 0.1) is 6.04 Å². The Morgan fingerprint density at radius 3 is 2.60 bits per heavy atom. The third kappa shape index (κ3) is 6.48. The summed E-state index contributed by atoms with van der Waals surface area (Å²) in [6.45, 7) is 4.03. The Bertz CT molecular complexity index is 1450. The van der Waals surface area contributed by atoms with Crippen LogP contribution in [0.3, 0.4) is 0 Å². The standard InChI is InChI=1S/C25H29N7O8S2/c1-11(26)19(34)15-7-5-6-8-16(15)20(35)21(36)27-17-22(37)32-18(24(38)40-13(3)39-12(2)33)14(9-41-23(17)32)10-42-25-28-29-30-31(25)4/h5-8,11,13,17,20,23,35H,9-10,26H2,1-4H3,(H,27,36)/t11-,13?,17?,20?,23-/m0/s1. The van der Waals surface area contributed by atoms with Gasteiger partial charge in [-0.15, -0.1) is 16.9 Å². The number of ether oxygens (including phenoxy) is 2. The van der Waals surface area contributed by atoms with Gasteiger partial charge in [0.1, 0.15) is 17.1 Å². The molecule has 1 aromatic carbocycles. The van der Waals surface area contributed by atoms with Crippen LogP contribution in [0.2, 0.25) is 0 Å². The Morgan fingerprint density at radius 1 is 1.24 bits per heavy atom. The number of esters is 2. The van der Waals surface area contributed by atoms with Crippen molar-refractivity contribution in [3.05, 3.63) is 46.7 Å². The van der Waals surface area contributed by atoms with Gasteiger partial charge in [0, 0.05) is 43.5 Å². The monoisotopic (exact) mass is 619 g/mol. The van der Waals surface area contributed by atoms with E-state index in [1.54, 1.807) is 19.2 Å². The number of β-lactam (4-membered cyclic amide) rings is 1. The van der Waals surface area contributed by atoms with E-state index in [9.17, 15) is 29.1 Å². The molecule has 1 aromatic heterocycles. The first kappa shape index (κ1) is 31.1. The Hall–Kier alpha value is -3.80. The lowest BCUT2D eigenvalue weighted by molar-refractivity contribution is -0.182. The number of hydrogen-bond acceptors (Lipinski definition) is 14. The zero-order valence-electron chi connectivity index (χ0n) is 23.0. The number of nitrogens with zero attached hydrogens (tertiary/aromatic N) is 5. The Morgan fingerprint density at radius 2 is 1.95 bits per heavy atom. The molecule has 4 rings (SSSR count). The fourth-order valence-corrected chi connectivity index (χ4v) is 6.66. The average Bonchev–Trinajstić information content (AvgIpc) is 3.36. The van der Waals surface area contributed by atoms with Crippen LogP contribution in [-0.4, -0.2) is 95.0 Å². The van der Waals surface area contributed by atoms with E-state index in [1.165, 1.54) is 66.0 Å². The second kappa shape index (κ2) is 13.0. The number of rotatable bonds is 11. The number of ketones is 1. The minimum atomic E-state index is -1.75. The van der Waals surface area contributed by atoms with E-state index in [2.05, 4.69) is 20.8 Å². The van der Waals surface area contributed by atoms with Gasteiger partial charge in [-0.1, -0.05) is 36.0 Å². The minimum absolute atomic E-state index is 0.0377. The highest BCUT2D eigenvalue weighted by atomic mass is 32.2. The summed E-state index contributed by atoms with van der Waals surface area (Å²) in [7, 11) is 1.66. The van der Waals surface area contributed by atoms with E-state index < -0.39 is 59.4 Å². The second-order valence-electron chi connectivity index (χ2n) is 9.45. The van der Waals surface area contributed by atoms with Crippen LogP contribution in [0, 0.1) is 0 Å². The van der Waals surface area contributed by atoms with E-state index >= 15 is 0 Å². The smallest absolute Gasteiger partial charge is 0.358 e. The normalized spacial score (nSPS) is 20.1. The van der Waals surface area contributed by atoms with Gasteiger partial charge in [0.2, 0.25) is 11.4 Å². The number of carbonyl (C=O) groups is 5. The lowest BCUT2D eigenvalue weighted by Gasteiger charge is -2.50. The number of aliphatic hydroxyl groups excluding tert-OH is 1. The summed E-state index contributed by atoms with van der Waals surface area (Å²) < 4.78 is 11.7. The van der Waals surface area contributed by atoms with E-state index in [0.717, 1.165) is 0 Å². The molecule has 0 radical (unpaired) electrons. The van der Waals surface area contributed by atoms with Crippen molar-refractivity contribution in [2.45, 2.75) is 55.8 Å². The zero-order valence-corrected chi connectivity index (χ0v) is 24.7. The number of thioether (sulfide) groups is 2. The highest BCUT2D eigenvalue weighted by molar-refractivity contribution is 8.01. The quantitative estimate of drug-likeness (QED) is 0.0968. The number of nitrogens with two attached hydrogens (primary N) is 1. The van der Waals surface area contributed by atoms with Crippen molar-refractivity contribution in [3.8, 4) is 0 Å². The maximum Gasteiger partial charge on any atom is 0.358 e. The third-order valence-corrected chi connectivity index (χ3v) is 8.72. The summed E-state index contributed by atoms with van der Waals surface area (Å²) in [4.78, 5) is 64.7. The first-order valence-electron chi connectivity index (χ1n) is 12.7. The number of aryl methyl sites for hydroxylation is 1. The third-order valence-electron chi connectivity index (χ3n) is 6.28. The van der Waals surface area contributed by atoms with Crippen molar-refractivity contribution in [3.63, 3.8) is 0 Å². The highest BCUT2D eigenvalue weighted by Crippen LogP contribution is 2.42. The van der Waals surface area contributed by atoms with Crippen molar-refractivity contribution < 1.29 is 38.6 Å². The average molecular weight is 620 g/mol. The van der Waals surface area contributed by atoms with Crippen LogP contribution in [0.25, 0.3) is 0 Å². The molecule has 224 valence electrons. The molecule has 0 bridgehead atoms. The molecule has 2 amide bonds. The SMILES string of the molecule is CC(=O)OC(C)OC(=O)C1=C(CSc2nnnn2C)CS[C@H]2C(NC(=O)C(O)c3ccccc3C(=O)[C@H](C)N)C(=O)N12. The van der Waals surface area contributed by atoms with Crippen LogP contribution < -0.4 is 11.1 Å². The molecule has 3 unspecified atom stereocenters. The first-order valence-corrected chi connectivity index (χ1v) is 14.7. The minimum Gasteiger partial charge on any atom is -0.426 e. The molecule has 1 fully saturated rings. The molecule has 0 aliphatic carbocycles. The molecule has 2 aliphatic heterocycles. The molecule has 3 heterocycles. The number of nitrogens with one attached hydrogen (secondary N) is 1. The van der Waals surface area contributed by atoms with Gasteiger partial charge in [-0.25, -0.2) is 9.48 Å². The van der Waals surface area contributed by atoms with Crippen molar-refractivity contribution in [2.24, 2.45) is 12.8 Å². The van der Waals surface area contributed by atoms with Crippen LogP contribution in [0.4, 0.5) is 0 Å². The molecule has 42 heavy (non-hydrogen) atoms. The van der Waals surface area contributed by atoms with Gasteiger partial charge >= 0.3 is 11.9 Å². The summed E-state index contributed by atoms with van der Waals surface area (Å²) in [5.41, 5.74) is 6.37. The predicted molar refractivity (Wildman–Crippen MR) is 148 cm³/mol. The molecule has 2 aromatic rings. The van der Waals surface area contributed by atoms with E-state index in [0.29, 0.717) is 16.5 Å². The van der Waals surface area contributed by atoms with Gasteiger partial charge in [0.15, 0.2) is 11.9 Å². The van der Waals surface area contributed by atoms with Crippen molar-refractivity contribution >= 4 is 53.1 Å². The molecular formula is C25H29N7O8S2. The molecule has 5 atom stereocenters. The summed E-state index contributed by atoms with van der Waals surface area (Å²) in [6, 6.07) is 4.12. The van der Waals surface area contributed by atoms with E-state index in [4.69, 9.17) is 15.2 Å². The fraction of sp³-hybridized carbons (Fsp3) is 0.440. The van der Waals surface area contributed by atoms with Crippen LogP contribution in [-0.2, 0) is 35.7 Å². The summed E-state index contributed by atoms with van der Waals surface area (Å²) >= 11 is 2.55. The predicted octanol–water partition coefficient (Wildman–Crippen LogP) is -0.328. The lowest BCUT2D eigenvalue weighted by Crippen LogP contribution is -2.71. The topological polar surface area (TPSA) is 209 Å². The van der Waals surface area contributed by atoms with Gasteiger partial charge in [-0.05, 0) is 22.9 Å². The molecule has 2 aliphatic rings. The molecule has 15 nitrogen and oxygen atoms in total.